The van der Waals surface area contributed by atoms with Gasteiger partial charge in [0, 0.05) is 38.8 Å². The second-order valence-electron chi connectivity index (χ2n) is 7.39. The predicted octanol–water partition coefficient (Wildman–Crippen LogP) is 2.18. The summed E-state index contributed by atoms with van der Waals surface area (Å²) < 4.78 is 33.4. The van der Waals surface area contributed by atoms with Crippen molar-refractivity contribution in [2.75, 3.05) is 19.6 Å². The Balaban J connectivity index is 1.22. The van der Waals surface area contributed by atoms with Gasteiger partial charge in [-0.1, -0.05) is 24.3 Å². The third-order valence-electron chi connectivity index (χ3n) is 5.45. The average Bonchev–Trinajstić information content (AvgIpc) is 2.67. The van der Waals surface area contributed by atoms with E-state index in [0.29, 0.717) is 11.4 Å². The Labute approximate surface area is 160 Å². The first kappa shape index (κ1) is 18.6. The summed E-state index contributed by atoms with van der Waals surface area (Å²) in [5.74, 6) is 0. The molecule has 2 aromatic rings. The van der Waals surface area contributed by atoms with E-state index in [1.807, 2.05) is 18.3 Å². The monoisotopic (exact) mass is 387 g/mol. The first-order chi connectivity index (χ1) is 13.0. The van der Waals surface area contributed by atoms with Crippen LogP contribution in [0.2, 0.25) is 0 Å². The number of aromatic nitrogens is 1. The molecule has 0 amide bonds. The Morgan fingerprint density at radius 2 is 1.81 bits per heavy atom. The van der Waals surface area contributed by atoms with Crippen LogP contribution in [0.3, 0.4) is 0 Å². The van der Waals surface area contributed by atoms with Crippen LogP contribution in [0.15, 0.2) is 59.6 Å². The number of rotatable bonds is 6. The Morgan fingerprint density at radius 3 is 2.48 bits per heavy atom. The molecule has 2 aliphatic heterocycles. The summed E-state index contributed by atoms with van der Waals surface area (Å²) in [4.78, 5) is 7.09. The van der Waals surface area contributed by atoms with Crippen molar-refractivity contribution in [1.29, 1.82) is 0 Å². The van der Waals surface area contributed by atoms with Gasteiger partial charge in [0.15, 0.2) is 0 Å². The molecule has 0 bridgehead atoms. The average molecular weight is 388 g/mol. The molecular weight excluding hydrogens is 362 g/mol. The van der Waals surface area contributed by atoms with Gasteiger partial charge >= 0.3 is 0 Å². The fourth-order valence-corrected chi connectivity index (χ4v) is 5.01. The van der Waals surface area contributed by atoms with E-state index in [4.69, 9.17) is 4.74 Å². The number of hydrogen-bond acceptors (Lipinski definition) is 5. The fraction of sp³-hybridized carbons (Fsp3) is 0.450. The molecule has 4 rings (SSSR count). The second-order valence-corrected chi connectivity index (χ2v) is 9.16. The zero-order chi connectivity index (χ0) is 18.7. The maximum atomic E-state index is 12.3. The molecule has 1 atom stereocenters. The Morgan fingerprint density at radius 1 is 1.11 bits per heavy atom. The van der Waals surface area contributed by atoms with Gasteiger partial charge in [0.2, 0.25) is 10.0 Å². The van der Waals surface area contributed by atoms with Crippen molar-refractivity contribution in [3.05, 3.63) is 60.4 Å². The molecule has 1 spiro atoms. The Bertz CT molecular complexity index is 843. The van der Waals surface area contributed by atoms with E-state index in [1.165, 1.54) is 0 Å². The first-order valence-electron chi connectivity index (χ1n) is 9.40. The number of benzene rings is 1. The molecule has 0 aliphatic carbocycles. The lowest BCUT2D eigenvalue weighted by Crippen LogP contribution is -2.58. The maximum Gasteiger partial charge on any atom is 0.240 e. The molecule has 7 heteroatoms. The zero-order valence-electron chi connectivity index (χ0n) is 15.3. The number of sulfonamides is 1. The first-order valence-corrected chi connectivity index (χ1v) is 10.9. The van der Waals surface area contributed by atoms with Gasteiger partial charge in [-0.15, -0.1) is 0 Å². The molecule has 2 saturated heterocycles. The lowest BCUT2D eigenvalue weighted by atomic mass is 9.80. The molecule has 1 N–H and O–H groups in total. The standard InChI is InChI=1S/C20H25N3O3S/c24-27(25,19-7-2-1-3-8-19)22-15-18-14-20(26-18)9-12-23(13-10-20)16-17-6-4-5-11-21-17/h1-8,11,18,22H,9-10,12-16H2. The minimum atomic E-state index is -3.46. The van der Waals surface area contributed by atoms with Gasteiger partial charge in [0.25, 0.3) is 0 Å². The van der Waals surface area contributed by atoms with Crippen molar-refractivity contribution in [2.24, 2.45) is 0 Å². The SMILES string of the molecule is O=S(=O)(NCC1CC2(CCN(Cc3ccccn3)CC2)O1)c1ccccc1. The molecule has 1 aromatic heterocycles. The van der Waals surface area contributed by atoms with Crippen molar-refractivity contribution in [3.63, 3.8) is 0 Å². The molecule has 0 saturated carbocycles. The zero-order valence-corrected chi connectivity index (χ0v) is 16.1. The topological polar surface area (TPSA) is 71.5 Å². The summed E-state index contributed by atoms with van der Waals surface area (Å²) >= 11 is 0. The Kier molecular flexibility index (Phi) is 5.27. The van der Waals surface area contributed by atoms with Gasteiger partial charge in [-0.3, -0.25) is 9.88 Å². The van der Waals surface area contributed by atoms with Gasteiger partial charge in [0.05, 0.1) is 22.3 Å². The molecular formula is C20H25N3O3S. The van der Waals surface area contributed by atoms with Gasteiger partial charge < -0.3 is 4.74 Å². The van der Waals surface area contributed by atoms with Crippen LogP contribution in [0.1, 0.15) is 25.0 Å². The molecule has 3 heterocycles. The van der Waals surface area contributed by atoms with Crippen LogP contribution in [0.25, 0.3) is 0 Å². The normalized spacial score (nSPS) is 22.4. The quantitative estimate of drug-likeness (QED) is 0.823. The molecule has 144 valence electrons. The third kappa shape index (κ3) is 4.38. The molecule has 2 fully saturated rings. The van der Waals surface area contributed by atoms with Crippen molar-refractivity contribution in [3.8, 4) is 0 Å². The molecule has 2 aliphatic rings. The summed E-state index contributed by atoms with van der Waals surface area (Å²) in [5, 5.41) is 0. The molecule has 27 heavy (non-hydrogen) atoms. The van der Waals surface area contributed by atoms with Gasteiger partial charge in [-0.25, -0.2) is 13.1 Å². The summed E-state index contributed by atoms with van der Waals surface area (Å²) in [6.07, 6.45) is 4.69. The van der Waals surface area contributed by atoms with Crippen LogP contribution in [-0.2, 0) is 21.3 Å². The molecule has 0 radical (unpaired) electrons. The van der Waals surface area contributed by atoms with Crippen molar-refractivity contribution < 1.29 is 13.2 Å². The molecule has 6 nitrogen and oxygen atoms in total. The number of nitrogens with one attached hydrogen (secondary N) is 1. The highest BCUT2D eigenvalue weighted by molar-refractivity contribution is 7.89. The lowest BCUT2D eigenvalue weighted by Gasteiger charge is -2.52. The van der Waals surface area contributed by atoms with E-state index < -0.39 is 10.0 Å². The minimum absolute atomic E-state index is 0.0363. The van der Waals surface area contributed by atoms with Crippen LogP contribution in [-0.4, -0.2) is 49.6 Å². The highest BCUT2D eigenvalue weighted by atomic mass is 32.2. The molecule has 1 aromatic carbocycles. The van der Waals surface area contributed by atoms with Gasteiger partial charge in [-0.05, 0) is 37.1 Å². The largest absolute Gasteiger partial charge is 0.370 e. The summed E-state index contributed by atoms with van der Waals surface area (Å²) in [5.41, 5.74) is 1.03. The van der Waals surface area contributed by atoms with Crippen molar-refractivity contribution in [2.45, 2.75) is 42.4 Å². The number of nitrogens with zero attached hydrogens (tertiary/aromatic N) is 2. The van der Waals surface area contributed by atoms with Crippen molar-refractivity contribution >= 4 is 10.0 Å². The predicted molar refractivity (Wildman–Crippen MR) is 103 cm³/mol. The number of likely N-dealkylation sites (tertiary alicyclic amines) is 1. The highest BCUT2D eigenvalue weighted by Gasteiger charge is 2.47. The fourth-order valence-electron chi connectivity index (χ4n) is 3.92. The van der Waals surface area contributed by atoms with Crippen molar-refractivity contribution in [1.82, 2.24) is 14.6 Å². The maximum absolute atomic E-state index is 12.3. The smallest absolute Gasteiger partial charge is 0.240 e. The van der Waals surface area contributed by atoms with Gasteiger partial charge in [0.1, 0.15) is 0 Å². The van der Waals surface area contributed by atoms with Crippen LogP contribution in [0.5, 0.6) is 0 Å². The van der Waals surface area contributed by atoms with Crippen LogP contribution < -0.4 is 4.72 Å². The number of hydrogen-bond donors (Lipinski definition) is 1. The number of piperidine rings is 1. The van der Waals surface area contributed by atoms with E-state index in [2.05, 4.69) is 20.7 Å². The van der Waals surface area contributed by atoms with E-state index >= 15 is 0 Å². The van der Waals surface area contributed by atoms with Crippen LogP contribution >= 0.6 is 0 Å². The van der Waals surface area contributed by atoms with E-state index in [1.54, 1.807) is 30.3 Å². The minimum Gasteiger partial charge on any atom is -0.370 e. The van der Waals surface area contributed by atoms with Crippen LogP contribution in [0, 0.1) is 0 Å². The second kappa shape index (κ2) is 7.67. The van der Waals surface area contributed by atoms with E-state index in [9.17, 15) is 8.42 Å². The summed E-state index contributed by atoms with van der Waals surface area (Å²) in [6, 6.07) is 14.5. The number of pyridine rings is 1. The van der Waals surface area contributed by atoms with Crippen LogP contribution in [0.4, 0.5) is 0 Å². The van der Waals surface area contributed by atoms with Gasteiger partial charge in [-0.2, -0.15) is 0 Å². The van der Waals surface area contributed by atoms with E-state index in [0.717, 1.165) is 44.6 Å². The number of ether oxygens (including phenoxy) is 1. The lowest BCUT2D eigenvalue weighted by molar-refractivity contribution is -0.222. The summed E-state index contributed by atoms with van der Waals surface area (Å²) in [7, 11) is -3.46. The third-order valence-corrected chi connectivity index (χ3v) is 6.89. The highest BCUT2D eigenvalue weighted by Crippen LogP contribution is 2.41. The van der Waals surface area contributed by atoms with E-state index in [-0.39, 0.29) is 11.7 Å². The summed E-state index contributed by atoms with van der Waals surface area (Å²) in [6.45, 7) is 3.17. The molecule has 1 unspecified atom stereocenters. The Hall–Kier alpha value is -1.80.